The van der Waals surface area contributed by atoms with Gasteiger partial charge in [-0.3, -0.25) is 4.79 Å². The lowest BCUT2D eigenvalue weighted by Crippen LogP contribution is -2.03. The SMILES string of the molecule is Cc1cccc2c1C(CCC(=O)O)OC2=O. The fourth-order valence-corrected chi connectivity index (χ4v) is 2.00. The molecule has 84 valence electrons. The molecule has 1 atom stereocenters. The minimum Gasteiger partial charge on any atom is -0.481 e. The van der Waals surface area contributed by atoms with Gasteiger partial charge in [0.05, 0.1) is 5.56 Å². The van der Waals surface area contributed by atoms with Crippen molar-refractivity contribution >= 4 is 11.9 Å². The van der Waals surface area contributed by atoms with E-state index in [1.54, 1.807) is 12.1 Å². The van der Waals surface area contributed by atoms with Crippen LogP contribution in [0.2, 0.25) is 0 Å². The van der Waals surface area contributed by atoms with Gasteiger partial charge in [0.1, 0.15) is 6.10 Å². The summed E-state index contributed by atoms with van der Waals surface area (Å²) in [6, 6.07) is 5.41. The molecule has 4 nitrogen and oxygen atoms in total. The van der Waals surface area contributed by atoms with Crippen LogP contribution in [0.4, 0.5) is 0 Å². The van der Waals surface area contributed by atoms with E-state index in [4.69, 9.17) is 9.84 Å². The molecule has 0 saturated heterocycles. The number of esters is 1. The third-order valence-corrected chi connectivity index (χ3v) is 2.74. The Hall–Kier alpha value is -1.84. The molecule has 0 fully saturated rings. The molecule has 0 spiro atoms. The summed E-state index contributed by atoms with van der Waals surface area (Å²) >= 11 is 0. The molecule has 1 aliphatic rings. The summed E-state index contributed by atoms with van der Waals surface area (Å²) in [4.78, 5) is 22.0. The summed E-state index contributed by atoms with van der Waals surface area (Å²) in [6.07, 6.45) is -0.0650. The predicted molar refractivity (Wildman–Crippen MR) is 56.2 cm³/mol. The highest BCUT2D eigenvalue weighted by atomic mass is 16.5. The van der Waals surface area contributed by atoms with Crippen molar-refractivity contribution in [3.8, 4) is 0 Å². The fourth-order valence-electron chi connectivity index (χ4n) is 2.00. The molecule has 0 saturated carbocycles. The number of carbonyl (C=O) groups is 2. The molecule has 0 aromatic heterocycles. The van der Waals surface area contributed by atoms with Gasteiger partial charge in [-0.1, -0.05) is 12.1 Å². The van der Waals surface area contributed by atoms with Crippen molar-refractivity contribution in [1.29, 1.82) is 0 Å². The normalized spacial score (nSPS) is 18.1. The summed E-state index contributed by atoms with van der Waals surface area (Å²) < 4.78 is 5.16. The maximum Gasteiger partial charge on any atom is 0.339 e. The molecule has 0 bridgehead atoms. The van der Waals surface area contributed by atoms with E-state index in [0.717, 1.165) is 11.1 Å². The molecular formula is C12H12O4. The van der Waals surface area contributed by atoms with Gasteiger partial charge in [-0.05, 0) is 25.0 Å². The van der Waals surface area contributed by atoms with Crippen molar-refractivity contribution in [1.82, 2.24) is 0 Å². The van der Waals surface area contributed by atoms with E-state index < -0.39 is 12.1 Å². The van der Waals surface area contributed by atoms with E-state index in [1.807, 2.05) is 13.0 Å². The van der Waals surface area contributed by atoms with Gasteiger partial charge in [-0.25, -0.2) is 4.79 Å². The largest absolute Gasteiger partial charge is 0.481 e. The second kappa shape index (κ2) is 3.96. The Morgan fingerprint density at radius 2 is 2.25 bits per heavy atom. The van der Waals surface area contributed by atoms with E-state index >= 15 is 0 Å². The van der Waals surface area contributed by atoms with Gasteiger partial charge in [0.2, 0.25) is 0 Å². The molecule has 1 aromatic carbocycles. The third-order valence-electron chi connectivity index (χ3n) is 2.74. The summed E-state index contributed by atoms with van der Waals surface area (Å²) in [7, 11) is 0. The molecule has 2 rings (SSSR count). The van der Waals surface area contributed by atoms with Gasteiger partial charge in [0, 0.05) is 12.0 Å². The summed E-state index contributed by atoms with van der Waals surface area (Å²) in [5.74, 6) is -1.23. The van der Waals surface area contributed by atoms with Crippen LogP contribution < -0.4 is 0 Å². The second-order valence-corrected chi connectivity index (χ2v) is 3.86. The quantitative estimate of drug-likeness (QED) is 0.792. The summed E-state index contributed by atoms with van der Waals surface area (Å²) in [6.45, 7) is 1.90. The lowest BCUT2D eigenvalue weighted by molar-refractivity contribution is -0.137. The zero-order valence-electron chi connectivity index (χ0n) is 8.90. The Labute approximate surface area is 92.8 Å². The molecular weight excluding hydrogens is 208 g/mol. The third kappa shape index (κ3) is 1.78. The average Bonchev–Trinajstić information content (AvgIpc) is 2.55. The minimum atomic E-state index is -0.877. The highest BCUT2D eigenvalue weighted by Crippen LogP contribution is 2.35. The first kappa shape index (κ1) is 10.7. The number of aliphatic carboxylic acids is 1. The molecule has 0 radical (unpaired) electrons. The summed E-state index contributed by atoms with van der Waals surface area (Å²) in [5.41, 5.74) is 2.38. The Morgan fingerprint density at radius 1 is 1.50 bits per heavy atom. The smallest absolute Gasteiger partial charge is 0.339 e. The van der Waals surface area contributed by atoms with Crippen molar-refractivity contribution < 1.29 is 19.4 Å². The molecule has 0 amide bonds. The average molecular weight is 220 g/mol. The predicted octanol–water partition coefficient (Wildman–Crippen LogP) is 2.07. The van der Waals surface area contributed by atoms with E-state index in [1.165, 1.54) is 0 Å². The first-order chi connectivity index (χ1) is 7.59. The van der Waals surface area contributed by atoms with Crippen LogP contribution in [0.25, 0.3) is 0 Å². The van der Waals surface area contributed by atoms with Crippen LogP contribution in [-0.2, 0) is 9.53 Å². The van der Waals surface area contributed by atoms with Gasteiger partial charge in [-0.2, -0.15) is 0 Å². The maximum absolute atomic E-state index is 11.5. The monoisotopic (exact) mass is 220 g/mol. The van der Waals surface area contributed by atoms with Crippen molar-refractivity contribution in [2.24, 2.45) is 0 Å². The molecule has 1 N–H and O–H groups in total. The highest BCUT2D eigenvalue weighted by molar-refractivity contribution is 5.94. The van der Waals surface area contributed by atoms with Crippen LogP contribution in [0, 0.1) is 6.92 Å². The standard InChI is InChI=1S/C12H12O4/c1-7-3-2-4-8-11(7)9(16-12(8)15)5-6-10(13)14/h2-4,9H,5-6H2,1H3,(H,13,14). The number of rotatable bonds is 3. The Kier molecular flexibility index (Phi) is 2.64. The van der Waals surface area contributed by atoms with Crippen molar-refractivity contribution in [2.45, 2.75) is 25.9 Å². The number of aryl methyl sites for hydroxylation is 1. The van der Waals surface area contributed by atoms with Crippen molar-refractivity contribution in [3.05, 3.63) is 34.9 Å². The molecule has 1 aromatic rings. The number of ether oxygens (including phenoxy) is 1. The maximum atomic E-state index is 11.5. The Morgan fingerprint density at radius 3 is 2.94 bits per heavy atom. The van der Waals surface area contributed by atoms with Crippen molar-refractivity contribution in [3.63, 3.8) is 0 Å². The first-order valence-corrected chi connectivity index (χ1v) is 5.12. The lowest BCUT2D eigenvalue weighted by atomic mass is 9.97. The highest BCUT2D eigenvalue weighted by Gasteiger charge is 2.32. The van der Waals surface area contributed by atoms with Crippen LogP contribution in [0.15, 0.2) is 18.2 Å². The lowest BCUT2D eigenvalue weighted by Gasteiger charge is -2.10. The molecule has 16 heavy (non-hydrogen) atoms. The van der Waals surface area contributed by atoms with Gasteiger partial charge >= 0.3 is 11.9 Å². The zero-order valence-corrected chi connectivity index (χ0v) is 8.90. The number of hydrogen-bond acceptors (Lipinski definition) is 3. The van der Waals surface area contributed by atoms with Crippen LogP contribution in [0.1, 0.15) is 40.4 Å². The number of carboxylic acid groups (broad SMARTS) is 1. The van der Waals surface area contributed by atoms with E-state index in [2.05, 4.69) is 0 Å². The van der Waals surface area contributed by atoms with E-state index in [9.17, 15) is 9.59 Å². The van der Waals surface area contributed by atoms with Gasteiger partial charge in [0.25, 0.3) is 0 Å². The van der Waals surface area contributed by atoms with Gasteiger partial charge in [-0.15, -0.1) is 0 Å². The molecule has 1 unspecified atom stereocenters. The number of carboxylic acids is 1. The van der Waals surface area contributed by atoms with Crippen LogP contribution in [-0.4, -0.2) is 17.0 Å². The van der Waals surface area contributed by atoms with E-state index in [-0.39, 0.29) is 12.4 Å². The molecule has 0 aliphatic carbocycles. The molecule has 1 aliphatic heterocycles. The topological polar surface area (TPSA) is 63.6 Å². The van der Waals surface area contributed by atoms with Crippen LogP contribution in [0.5, 0.6) is 0 Å². The first-order valence-electron chi connectivity index (χ1n) is 5.12. The Balaban J connectivity index is 2.27. The second-order valence-electron chi connectivity index (χ2n) is 3.86. The number of cyclic esters (lactones) is 1. The number of benzene rings is 1. The number of carbonyl (C=O) groups excluding carboxylic acids is 1. The summed E-state index contributed by atoms with van der Waals surface area (Å²) in [5, 5.41) is 8.62. The molecule has 1 heterocycles. The number of hydrogen-bond donors (Lipinski definition) is 1. The van der Waals surface area contributed by atoms with Crippen molar-refractivity contribution in [2.75, 3.05) is 0 Å². The van der Waals surface area contributed by atoms with Gasteiger partial charge < -0.3 is 9.84 Å². The van der Waals surface area contributed by atoms with E-state index in [0.29, 0.717) is 12.0 Å². The molecule has 4 heteroatoms. The van der Waals surface area contributed by atoms with Crippen LogP contribution in [0.3, 0.4) is 0 Å². The van der Waals surface area contributed by atoms with Crippen LogP contribution >= 0.6 is 0 Å². The Bertz CT molecular complexity index is 450. The zero-order chi connectivity index (χ0) is 11.7. The van der Waals surface area contributed by atoms with Gasteiger partial charge in [0.15, 0.2) is 0 Å². The number of fused-ring (bicyclic) bond motifs is 1. The fraction of sp³-hybridized carbons (Fsp3) is 0.333. The minimum absolute atomic E-state index is 0.00568.